The van der Waals surface area contributed by atoms with Crippen LogP contribution in [-0.2, 0) is 0 Å². The van der Waals surface area contributed by atoms with Crippen molar-refractivity contribution in [3.63, 3.8) is 0 Å². The minimum Gasteiger partial charge on any atom is -0.494 e. The molecule has 0 saturated carbocycles. The minimum absolute atomic E-state index is 0.0610. The van der Waals surface area contributed by atoms with Crippen molar-refractivity contribution in [3.05, 3.63) is 72.6 Å². The van der Waals surface area contributed by atoms with E-state index in [0.717, 1.165) is 22.9 Å². The Morgan fingerprint density at radius 1 is 1.03 bits per heavy atom. The molecule has 150 valence electrons. The fraction of sp³-hybridized carbons (Fsp3) is 0.217. The number of hydrogen-bond acceptors (Lipinski definition) is 5. The molecule has 0 aliphatic rings. The third-order valence-corrected chi connectivity index (χ3v) is 3.94. The lowest BCUT2D eigenvalue weighted by Gasteiger charge is -2.15. The van der Waals surface area contributed by atoms with Crippen LogP contribution in [0.5, 0.6) is 11.5 Å². The van der Waals surface area contributed by atoms with E-state index in [4.69, 9.17) is 9.47 Å². The first kappa shape index (κ1) is 20.2. The second kappa shape index (κ2) is 9.59. The van der Waals surface area contributed by atoms with Gasteiger partial charge in [0.2, 0.25) is 0 Å². The molecular formula is C23H25N3O3. The molecule has 2 aromatic carbocycles. The van der Waals surface area contributed by atoms with Gasteiger partial charge in [0.1, 0.15) is 17.2 Å². The number of benzene rings is 2. The second-order valence-corrected chi connectivity index (χ2v) is 6.63. The number of ether oxygens (including phenoxy) is 2. The number of carbonyl (C=O) groups is 1. The molecule has 0 atom stereocenters. The molecule has 1 aromatic heterocycles. The van der Waals surface area contributed by atoms with Gasteiger partial charge in [0.05, 0.1) is 18.4 Å². The number of para-hydroxylation sites is 2. The van der Waals surface area contributed by atoms with Gasteiger partial charge in [0.25, 0.3) is 5.91 Å². The number of nitrogens with one attached hydrogen (secondary N) is 2. The topological polar surface area (TPSA) is 72.5 Å². The summed E-state index contributed by atoms with van der Waals surface area (Å²) < 4.78 is 11.2. The van der Waals surface area contributed by atoms with Crippen LogP contribution in [0.4, 0.5) is 17.1 Å². The summed E-state index contributed by atoms with van der Waals surface area (Å²) in [5, 5.41) is 6.14. The SMILES string of the molecule is CCOc1ccc(NC(=O)c2cc(Nc3ccccc3OC(C)C)ccn2)cc1. The van der Waals surface area contributed by atoms with E-state index in [1.807, 2.05) is 57.2 Å². The van der Waals surface area contributed by atoms with Crippen LogP contribution < -0.4 is 20.1 Å². The normalized spacial score (nSPS) is 10.5. The lowest BCUT2D eigenvalue weighted by molar-refractivity contribution is 0.102. The number of hydrogen-bond donors (Lipinski definition) is 2. The molecule has 29 heavy (non-hydrogen) atoms. The summed E-state index contributed by atoms with van der Waals surface area (Å²) in [7, 11) is 0. The molecular weight excluding hydrogens is 366 g/mol. The summed E-state index contributed by atoms with van der Waals surface area (Å²) >= 11 is 0. The summed E-state index contributed by atoms with van der Waals surface area (Å²) in [5.41, 5.74) is 2.56. The van der Waals surface area contributed by atoms with Crippen LogP contribution in [-0.4, -0.2) is 23.6 Å². The maximum absolute atomic E-state index is 12.6. The minimum atomic E-state index is -0.287. The molecule has 0 aliphatic heterocycles. The standard InChI is InChI=1S/C23H25N3O3/c1-4-28-19-11-9-17(10-12-19)26-23(27)21-15-18(13-14-24-21)25-20-7-5-6-8-22(20)29-16(2)3/h5-16H,4H2,1-3H3,(H,24,25)(H,26,27). The fourth-order valence-electron chi connectivity index (χ4n) is 2.71. The molecule has 0 saturated heterocycles. The number of carbonyl (C=O) groups excluding carboxylic acids is 1. The average Bonchev–Trinajstić information content (AvgIpc) is 2.71. The van der Waals surface area contributed by atoms with Gasteiger partial charge in [-0.1, -0.05) is 12.1 Å². The Bertz CT molecular complexity index is 956. The quantitative estimate of drug-likeness (QED) is 0.548. The Morgan fingerprint density at radius 3 is 2.52 bits per heavy atom. The Hall–Kier alpha value is -3.54. The van der Waals surface area contributed by atoms with E-state index < -0.39 is 0 Å². The monoisotopic (exact) mass is 391 g/mol. The van der Waals surface area contributed by atoms with Crippen molar-refractivity contribution in [2.24, 2.45) is 0 Å². The number of anilines is 3. The zero-order valence-corrected chi connectivity index (χ0v) is 16.8. The highest BCUT2D eigenvalue weighted by molar-refractivity contribution is 6.03. The second-order valence-electron chi connectivity index (χ2n) is 6.63. The number of nitrogens with zero attached hydrogens (tertiary/aromatic N) is 1. The van der Waals surface area contributed by atoms with Crippen molar-refractivity contribution in [2.45, 2.75) is 26.9 Å². The largest absolute Gasteiger partial charge is 0.494 e. The molecule has 0 spiro atoms. The number of rotatable bonds is 8. The smallest absolute Gasteiger partial charge is 0.274 e. The maximum Gasteiger partial charge on any atom is 0.274 e. The van der Waals surface area contributed by atoms with Crippen LogP contribution in [0.25, 0.3) is 0 Å². The van der Waals surface area contributed by atoms with Crippen LogP contribution in [0.15, 0.2) is 66.9 Å². The third-order valence-electron chi connectivity index (χ3n) is 3.94. The van der Waals surface area contributed by atoms with Crippen LogP contribution in [0.1, 0.15) is 31.3 Å². The summed E-state index contributed by atoms with van der Waals surface area (Å²) in [5.74, 6) is 1.22. The van der Waals surface area contributed by atoms with E-state index in [9.17, 15) is 4.79 Å². The van der Waals surface area contributed by atoms with Gasteiger partial charge >= 0.3 is 0 Å². The Kier molecular flexibility index (Phi) is 6.68. The van der Waals surface area contributed by atoms with E-state index >= 15 is 0 Å². The van der Waals surface area contributed by atoms with Gasteiger partial charge in [-0.3, -0.25) is 9.78 Å². The molecule has 0 aliphatic carbocycles. The molecule has 0 radical (unpaired) electrons. The highest BCUT2D eigenvalue weighted by atomic mass is 16.5. The summed E-state index contributed by atoms with van der Waals surface area (Å²) in [6.07, 6.45) is 1.66. The first-order chi connectivity index (χ1) is 14.0. The Labute approximate surface area is 170 Å². The van der Waals surface area contributed by atoms with Crippen molar-refractivity contribution in [1.29, 1.82) is 0 Å². The van der Waals surface area contributed by atoms with E-state index in [1.165, 1.54) is 0 Å². The number of amides is 1. The van der Waals surface area contributed by atoms with Crippen LogP contribution in [0, 0.1) is 0 Å². The Morgan fingerprint density at radius 2 is 1.79 bits per heavy atom. The Balaban J connectivity index is 1.71. The molecule has 6 nitrogen and oxygen atoms in total. The van der Waals surface area contributed by atoms with E-state index in [-0.39, 0.29) is 12.0 Å². The van der Waals surface area contributed by atoms with Crippen molar-refractivity contribution >= 4 is 23.0 Å². The summed E-state index contributed by atoms with van der Waals surface area (Å²) in [4.78, 5) is 16.8. The van der Waals surface area contributed by atoms with Crippen molar-refractivity contribution in [2.75, 3.05) is 17.2 Å². The summed E-state index contributed by atoms with van der Waals surface area (Å²) in [6, 6.07) is 18.4. The van der Waals surface area contributed by atoms with Gasteiger partial charge in [-0.15, -0.1) is 0 Å². The fourth-order valence-corrected chi connectivity index (χ4v) is 2.71. The average molecular weight is 391 g/mol. The molecule has 1 heterocycles. The van der Waals surface area contributed by atoms with Gasteiger partial charge in [-0.25, -0.2) is 0 Å². The predicted molar refractivity (Wildman–Crippen MR) is 115 cm³/mol. The molecule has 3 aromatic rings. The van der Waals surface area contributed by atoms with Crippen LogP contribution >= 0.6 is 0 Å². The first-order valence-corrected chi connectivity index (χ1v) is 9.58. The first-order valence-electron chi connectivity index (χ1n) is 9.58. The lowest BCUT2D eigenvalue weighted by atomic mass is 10.2. The van der Waals surface area contributed by atoms with Crippen molar-refractivity contribution in [1.82, 2.24) is 4.98 Å². The zero-order valence-electron chi connectivity index (χ0n) is 16.8. The highest BCUT2D eigenvalue weighted by Crippen LogP contribution is 2.28. The third kappa shape index (κ3) is 5.72. The predicted octanol–water partition coefficient (Wildman–Crippen LogP) is 5.26. The van der Waals surface area contributed by atoms with Gasteiger partial charge in [0, 0.05) is 17.6 Å². The maximum atomic E-state index is 12.6. The summed E-state index contributed by atoms with van der Waals surface area (Å²) in [6.45, 7) is 6.48. The molecule has 0 fully saturated rings. The molecule has 3 rings (SSSR count). The van der Waals surface area contributed by atoms with E-state index in [0.29, 0.717) is 18.0 Å². The highest BCUT2D eigenvalue weighted by Gasteiger charge is 2.10. The van der Waals surface area contributed by atoms with Gasteiger partial charge in [-0.05, 0) is 69.3 Å². The van der Waals surface area contributed by atoms with Crippen LogP contribution in [0.2, 0.25) is 0 Å². The van der Waals surface area contributed by atoms with Gasteiger partial charge in [0.15, 0.2) is 0 Å². The zero-order chi connectivity index (χ0) is 20.6. The number of pyridine rings is 1. The van der Waals surface area contributed by atoms with E-state index in [1.54, 1.807) is 30.5 Å². The molecule has 0 bridgehead atoms. The number of aromatic nitrogens is 1. The van der Waals surface area contributed by atoms with Gasteiger partial charge < -0.3 is 20.1 Å². The van der Waals surface area contributed by atoms with Crippen LogP contribution in [0.3, 0.4) is 0 Å². The molecule has 1 amide bonds. The van der Waals surface area contributed by atoms with Crippen molar-refractivity contribution in [3.8, 4) is 11.5 Å². The molecule has 2 N–H and O–H groups in total. The molecule has 6 heteroatoms. The van der Waals surface area contributed by atoms with Crippen molar-refractivity contribution < 1.29 is 14.3 Å². The van der Waals surface area contributed by atoms with E-state index in [2.05, 4.69) is 15.6 Å². The van der Waals surface area contributed by atoms with Gasteiger partial charge in [-0.2, -0.15) is 0 Å². The molecule has 0 unspecified atom stereocenters. The lowest BCUT2D eigenvalue weighted by Crippen LogP contribution is -2.14.